The largest absolute Gasteiger partial charge is 1.00 e. The van der Waals surface area contributed by atoms with Crippen LogP contribution in [0.5, 0.6) is 0 Å². The Hall–Kier alpha value is -4.33. The summed E-state index contributed by atoms with van der Waals surface area (Å²) in [5, 5.41) is 3.49. The molecule has 0 saturated heterocycles. The molecule has 5 aromatic rings. The van der Waals surface area contributed by atoms with E-state index < -0.39 is 0 Å². The van der Waals surface area contributed by atoms with Crippen LogP contribution in [0.15, 0.2) is 120 Å². The molecular formula is C37H37N2NaO4. The first-order chi connectivity index (χ1) is 20.0. The maximum atomic E-state index is 12.3. The number of H-pyrrole nitrogens is 1. The van der Waals surface area contributed by atoms with Crippen molar-refractivity contribution in [3.8, 4) is 0 Å². The fourth-order valence-corrected chi connectivity index (χ4v) is 4.20. The van der Waals surface area contributed by atoms with Crippen LogP contribution in [-0.4, -0.2) is 22.2 Å². The second kappa shape index (κ2) is 19.1. The van der Waals surface area contributed by atoms with Crippen LogP contribution in [0.1, 0.15) is 53.5 Å². The van der Waals surface area contributed by atoms with Crippen molar-refractivity contribution in [2.45, 2.75) is 27.7 Å². The molecule has 0 aliphatic carbocycles. The predicted molar refractivity (Wildman–Crippen MR) is 179 cm³/mol. The van der Waals surface area contributed by atoms with Crippen molar-refractivity contribution >= 4 is 46.5 Å². The van der Waals surface area contributed by atoms with Gasteiger partial charge < -0.3 is 15.8 Å². The summed E-state index contributed by atoms with van der Waals surface area (Å²) in [6.07, 6.45) is 7.57. The smallest absolute Gasteiger partial charge is 0.870 e. The summed E-state index contributed by atoms with van der Waals surface area (Å²) in [5.41, 5.74) is 5.72. The molecule has 0 bridgehead atoms. The van der Waals surface area contributed by atoms with E-state index >= 15 is 0 Å². The average molecular weight is 597 g/mol. The molecule has 0 saturated carbocycles. The van der Waals surface area contributed by atoms with Gasteiger partial charge in [0.2, 0.25) is 5.91 Å². The van der Waals surface area contributed by atoms with Gasteiger partial charge in [0.05, 0.1) is 5.69 Å². The Morgan fingerprint density at radius 1 is 0.750 bits per heavy atom. The van der Waals surface area contributed by atoms with Gasteiger partial charge in [0.1, 0.15) is 0 Å². The number of pyridine rings is 1. The Kier molecular flexibility index (Phi) is 16.3. The third kappa shape index (κ3) is 10.4. The number of carbonyl (C=O) groups is 2. The van der Waals surface area contributed by atoms with Crippen molar-refractivity contribution in [1.29, 1.82) is 0 Å². The number of Topliss-reactive ketones (excluding diaryl/α,β-unsaturated/α-hetero) is 1. The number of ketones is 1. The maximum absolute atomic E-state index is 12.3. The van der Waals surface area contributed by atoms with Crippen molar-refractivity contribution in [3.63, 3.8) is 0 Å². The Bertz CT molecular complexity index is 1760. The van der Waals surface area contributed by atoms with Crippen LogP contribution in [0.25, 0.3) is 29.1 Å². The van der Waals surface area contributed by atoms with Gasteiger partial charge in [-0.25, -0.2) is 0 Å². The number of rotatable bonds is 7. The van der Waals surface area contributed by atoms with Gasteiger partial charge >= 0.3 is 29.6 Å². The molecule has 0 spiro atoms. The quantitative estimate of drug-likeness (QED) is 0.149. The van der Waals surface area contributed by atoms with Gasteiger partial charge in [-0.15, -0.1) is 0 Å². The van der Waals surface area contributed by atoms with Crippen molar-refractivity contribution in [2.75, 3.05) is 5.32 Å². The number of benzene rings is 4. The number of anilines is 1. The summed E-state index contributed by atoms with van der Waals surface area (Å²) < 4.78 is 0. The Labute approximate surface area is 281 Å². The van der Waals surface area contributed by atoms with Crippen molar-refractivity contribution in [2.24, 2.45) is 0 Å². The molecule has 5 rings (SSSR count). The number of para-hydroxylation sites is 2. The number of aromatic amines is 1. The first-order valence-corrected chi connectivity index (χ1v) is 13.5. The van der Waals surface area contributed by atoms with Gasteiger partial charge in [0, 0.05) is 40.2 Å². The molecule has 0 unspecified atom stereocenters. The first-order valence-electron chi connectivity index (χ1n) is 13.5. The molecule has 0 atom stereocenters. The van der Waals surface area contributed by atoms with Crippen molar-refractivity contribution < 1.29 is 44.6 Å². The van der Waals surface area contributed by atoms with Crippen molar-refractivity contribution in [3.05, 3.63) is 153 Å². The Morgan fingerprint density at radius 3 is 1.93 bits per heavy atom. The standard InChI is InChI=1S/C18H17NO2.C18H15NO.CH4.Na.H2O/c1-2-17(20)15-10-6-7-11-16(15)19-18(21)13-12-14-8-4-3-5-9-14;1-13-16(12-11-14-7-3-2-4-8-14)19-17-10-6-5-9-15(17)18(13)20;;;/h3-13H,2H2,1H3,(H,19,21);2-12H,1H3,(H,19,20);1H4;;1H2/q;;;+1;/p-1/b13-12+;12-11+;;;. The molecule has 6 nitrogen and oxygen atoms in total. The molecule has 0 aliphatic rings. The molecule has 3 N–H and O–H groups in total. The zero-order valence-corrected chi connectivity index (χ0v) is 26.6. The van der Waals surface area contributed by atoms with Crippen LogP contribution in [0, 0.1) is 6.92 Å². The molecule has 0 aliphatic heterocycles. The van der Waals surface area contributed by atoms with E-state index in [1.54, 1.807) is 37.3 Å². The molecule has 44 heavy (non-hydrogen) atoms. The molecular weight excluding hydrogens is 559 g/mol. The SMILES string of the molecule is C.CCC(=O)c1ccccc1NC(=O)/C=C/c1ccccc1.Cc1c(/C=C/c2ccccc2)[nH]c2ccccc2c1=O.[Na+].[OH-]. The van der Waals surface area contributed by atoms with Crippen LogP contribution in [0.2, 0.25) is 0 Å². The minimum atomic E-state index is -0.254. The van der Waals surface area contributed by atoms with Crippen LogP contribution >= 0.6 is 0 Å². The number of amides is 1. The van der Waals surface area contributed by atoms with Crippen LogP contribution in [0.3, 0.4) is 0 Å². The molecule has 1 aromatic heterocycles. The van der Waals surface area contributed by atoms with Gasteiger partial charge in [-0.3, -0.25) is 14.4 Å². The van der Waals surface area contributed by atoms with Gasteiger partial charge in [0.15, 0.2) is 11.2 Å². The summed E-state index contributed by atoms with van der Waals surface area (Å²) in [7, 11) is 0. The first kappa shape index (κ1) is 37.7. The van der Waals surface area contributed by atoms with Gasteiger partial charge in [-0.05, 0) is 54.5 Å². The average Bonchev–Trinajstić information content (AvgIpc) is 3.02. The molecule has 7 heteroatoms. The van der Waals surface area contributed by atoms with E-state index in [0.29, 0.717) is 17.7 Å². The molecule has 1 amide bonds. The van der Waals surface area contributed by atoms with E-state index in [1.165, 1.54) is 6.08 Å². The number of fused-ring (bicyclic) bond motifs is 1. The number of aromatic nitrogens is 1. The van der Waals surface area contributed by atoms with Crippen LogP contribution in [0.4, 0.5) is 5.69 Å². The zero-order chi connectivity index (χ0) is 29.0. The van der Waals surface area contributed by atoms with E-state index in [2.05, 4.69) is 10.3 Å². The Balaban J connectivity index is 0.000000412. The van der Waals surface area contributed by atoms with Crippen LogP contribution in [-0.2, 0) is 4.79 Å². The summed E-state index contributed by atoms with van der Waals surface area (Å²) in [6.45, 7) is 3.66. The number of hydrogen-bond acceptors (Lipinski definition) is 4. The fraction of sp³-hybridized carbons (Fsp3) is 0.108. The van der Waals surface area contributed by atoms with E-state index in [4.69, 9.17) is 0 Å². The molecule has 220 valence electrons. The molecule has 1 heterocycles. The summed E-state index contributed by atoms with van der Waals surface area (Å²) in [6, 6.07) is 34.2. The predicted octanol–water partition coefficient (Wildman–Crippen LogP) is 5.40. The third-order valence-electron chi connectivity index (χ3n) is 6.46. The Morgan fingerprint density at radius 2 is 1.30 bits per heavy atom. The van der Waals surface area contributed by atoms with Crippen LogP contribution < -0.4 is 40.3 Å². The second-order valence-electron chi connectivity index (χ2n) is 9.34. The summed E-state index contributed by atoms with van der Waals surface area (Å²) >= 11 is 0. The number of nitrogens with one attached hydrogen (secondary N) is 2. The van der Waals surface area contributed by atoms with E-state index in [0.717, 1.165) is 33.3 Å². The zero-order valence-electron chi connectivity index (χ0n) is 24.6. The molecule has 0 fully saturated rings. The summed E-state index contributed by atoms with van der Waals surface area (Å²) in [4.78, 5) is 39.4. The van der Waals surface area contributed by atoms with E-state index in [1.807, 2.05) is 104 Å². The van der Waals surface area contributed by atoms with Gasteiger partial charge in [-0.2, -0.15) is 0 Å². The topological polar surface area (TPSA) is 109 Å². The fourth-order valence-electron chi connectivity index (χ4n) is 4.20. The van der Waals surface area contributed by atoms with E-state index in [-0.39, 0.29) is 59.6 Å². The van der Waals surface area contributed by atoms with Gasteiger partial charge in [0.25, 0.3) is 0 Å². The van der Waals surface area contributed by atoms with Crippen molar-refractivity contribution in [1.82, 2.24) is 4.98 Å². The third-order valence-corrected chi connectivity index (χ3v) is 6.46. The maximum Gasteiger partial charge on any atom is 1.00 e. The van der Waals surface area contributed by atoms with E-state index in [9.17, 15) is 14.4 Å². The second-order valence-corrected chi connectivity index (χ2v) is 9.34. The number of hydrogen-bond donors (Lipinski definition) is 2. The molecule has 0 radical (unpaired) electrons. The molecule has 4 aromatic carbocycles. The minimum Gasteiger partial charge on any atom is -0.870 e. The number of carbonyl (C=O) groups excluding carboxylic acids is 2. The summed E-state index contributed by atoms with van der Waals surface area (Å²) in [5.74, 6) is -0.242. The van der Waals surface area contributed by atoms with Gasteiger partial charge in [-0.1, -0.05) is 105 Å². The minimum absolute atomic E-state index is 0. The monoisotopic (exact) mass is 596 g/mol. The normalized spacial score (nSPS) is 10.1.